The van der Waals surface area contributed by atoms with Crippen LogP contribution in [0.25, 0.3) is 0 Å². The molecule has 7 heteroatoms. The van der Waals surface area contributed by atoms with Crippen molar-refractivity contribution in [1.82, 2.24) is 0 Å². The van der Waals surface area contributed by atoms with Crippen molar-refractivity contribution in [2.45, 2.75) is 12.2 Å². The van der Waals surface area contributed by atoms with Crippen LogP contribution in [0.3, 0.4) is 0 Å². The van der Waals surface area contributed by atoms with Gasteiger partial charge in [-0.25, -0.2) is 0 Å². The fraction of sp³-hybridized carbons (Fsp3) is 0.125. The molecule has 0 amide bonds. The SMILES string of the molecule is N#CCc1ccc(OC=NOS(=O)(=O)Cc2ccccc2)cc1. The first kappa shape index (κ1) is 16.5. The zero-order valence-electron chi connectivity index (χ0n) is 12.1. The Kier molecular flexibility index (Phi) is 5.72. The molecule has 0 spiro atoms. The minimum atomic E-state index is -3.82. The fourth-order valence-corrected chi connectivity index (χ4v) is 2.57. The second kappa shape index (κ2) is 7.96. The van der Waals surface area contributed by atoms with Crippen molar-refractivity contribution in [2.24, 2.45) is 5.16 Å². The van der Waals surface area contributed by atoms with Gasteiger partial charge >= 0.3 is 10.1 Å². The Bertz CT molecular complexity index is 794. The standard InChI is InChI=1S/C16H14N2O4S/c17-11-10-14-6-8-16(9-7-14)21-13-18-22-23(19,20)12-15-4-2-1-3-5-15/h1-9,13H,10,12H2. The lowest BCUT2D eigenvalue weighted by molar-refractivity contribution is 0.329. The molecule has 118 valence electrons. The molecule has 23 heavy (non-hydrogen) atoms. The van der Waals surface area contributed by atoms with E-state index in [1.807, 2.05) is 6.07 Å². The Morgan fingerprint density at radius 1 is 1.04 bits per heavy atom. The average Bonchev–Trinajstić information content (AvgIpc) is 2.54. The van der Waals surface area contributed by atoms with Gasteiger partial charge in [0, 0.05) is 0 Å². The Hall–Kier alpha value is -2.85. The zero-order chi connectivity index (χ0) is 16.5. The quantitative estimate of drug-likeness (QED) is 0.442. The molecule has 2 rings (SSSR count). The molecule has 2 aromatic rings. The predicted molar refractivity (Wildman–Crippen MR) is 85.0 cm³/mol. The normalized spacial score (nSPS) is 11.1. The summed E-state index contributed by atoms with van der Waals surface area (Å²) < 4.78 is 33.0. The van der Waals surface area contributed by atoms with Gasteiger partial charge in [-0.1, -0.05) is 42.5 Å². The number of nitriles is 1. The van der Waals surface area contributed by atoms with Crippen molar-refractivity contribution in [3.63, 3.8) is 0 Å². The van der Waals surface area contributed by atoms with Gasteiger partial charge < -0.3 is 4.74 Å². The van der Waals surface area contributed by atoms with Crippen molar-refractivity contribution in [3.05, 3.63) is 65.7 Å². The average molecular weight is 330 g/mol. The Labute approximate surface area is 134 Å². The second-order valence-corrected chi connectivity index (χ2v) is 6.12. The van der Waals surface area contributed by atoms with Crippen LogP contribution in [0.5, 0.6) is 5.75 Å². The first-order chi connectivity index (χ1) is 11.1. The topological polar surface area (TPSA) is 88.8 Å². The van der Waals surface area contributed by atoms with Crippen molar-refractivity contribution in [2.75, 3.05) is 0 Å². The molecule has 0 bridgehead atoms. The van der Waals surface area contributed by atoms with E-state index in [-0.39, 0.29) is 5.75 Å². The monoisotopic (exact) mass is 330 g/mol. The maximum Gasteiger partial charge on any atom is 0.332 e. The van der Waals surface area contributed by atoms with Gasteiger partial charge in [-0.05, 0) is 28.4 Å². The van der Waals surface area contributed by atoms with Crippen LogP contribution in [-0.2, 0) is 26.6 Å². The smallest absolute Gasteiger partial charge is 0.332 e. The third kappa shape index (κ3) is 5.80. The summed E-state index contributed by atoms with van der Waals surface area (Å²) in [6.07, 6.45) is 1.22. The molecule has 0 unspecified atom stereocenters. The van der Waals surface area contributed by atoms with E-state index in [9.17, 15) is 8.42 Å². The zero-order valence-corrected chi connectivity index (χ0v) is 12.9. The molecule has 0 aliphatic heterocycles. The van der Waals surface area contributed by atoms with E-state index in [0.717, 1.165) is 12.0 Å². The highest BCUT2D eigenvalue weighted by Gasteiger charge is 2.12. The van der Waals surface area contributed by atoms with Gasteiger partial charge in [-0.3, -0.25) is 4.28 Å². The van der Waals surface area contributed by atoms with Gasteiger partial charge in [0.15, 0.2) is 0 Å². The van der Waals surface area contributed by atoms with Gasteiger partial charge in [0.1, 0.15) is 11.5 Å². The summed E-state index contributed by atoms with van der Waals surface area (Å²) >= 11 is 0. The Morgan fingerprint density at radius 3 is 2.39 bits per heavy atom. The highest BCUT2D eigenvalue weighted by molar-refractivity contribution is 7.85. The number of rotatable bonds is 7. The van der Waals surface area contributed by atoms with Gasteiger partial charge in [0.25, 0.3) is 0 Å². The number of hydrogen-bond donors (Lipinski definition) is 0. The van der Waals surface area contributed by atoms with Crippen LogP contribution in [0.4, 0.5) is 0 Å². The van der Waals surface area contributed by atoms with Crippen LogP contribution in [0.2, 0.25) is 0 Å². The molecule has 0 aromatic heterocycles. The van der Waals surface area contributed by atoms with E-state index in [4.69, 9.17) is 10.00 Å². The number of oxime groups is 1. The van der Waals surface area contributed by atoms with Crippen LogP contribution < -0.4 is 4.74 Å². The molecule has 0 saturated heterocycles. The van der Waals surface area contributed by atoms with Crippen LogP contribution in [0, 0.1) is 11.3 Å². The summed E-state index contributed by atoms with van der Waals surface area (Å²) in [5.41, 5.74) is 1.47. The molecule has 0 radical (unpaired) electrons. The number of benzene rings is 2. The first-order valence-corrected chi connectivity index (χ1v) is 8.26. The third-order valence-electron chi connectivity index (χ3n) is 2.78. The Balaban J connectivity index is 1.85. The molecule has 0 atom stereocenters. The van der Waals surface area contributed by atoms with E-state index in [1.165, 1.54) is 0 Å². The molecule has 0 heterocycles. The summed E-state index contributed by atoms with van der Waals surface area (Å²) in [5, 5.41) is 11.9. The first-order valence-electron chi connectivity index (χ1n) is 6.69. The molecule has 0 aliphatic rings. The van der Waals surface area contributed by atoms with Crippen molar-refractivity contribution < 1.29 is 17.4 Å². The lowest BCUT2D eigenvalue weighted by atomic mass is 10.2. The molecule has 0 N–H and O–H groups in total. The second-order valence-electron chi connectivity index (χ2n) is 4.57. The molecule has 6 nitrogen and oxygen atoms in total. The summed E-state index contributed by atoms with van der Waals surface area (Å²) in [6, 6.07) is 17.5. The molecule has 0 aliphatic carbocycles. The van der Waals surface area contributed by atoms with Crippen LogP contribution in [-0.4, -0.2) is 14.8 Å². The molecular formula is C16H14N2O4S. The van der Waals surface area contributed by atoms with E-state index < -0.39 is 10.1 Å². The van der Waals surface area contributed by atoms with Gasteiger partial charge in [0.05, 0.1) is 12.5 Å². The minimum Gasteiger partial charge on any atom is -0.442 e. The van der Waals surface area contributed by atoms with Gasteiger partial charge in [0.2, 0.25) is 6.40 Å². The molecule has 0 saturated carbocycles. The van der Waals surface area contributed by atoms with Crippen LogP contribution in [0.15, 0.2) is 59.8 Å². The lowest BCUT2D eigenvalue weighted by Gasteiger charge is -2.02. The minimum absolute atomic E-state index is 0.270. The maximum absolute atomic E-state index is 11.7. The number of nitrogens with zero attached hydrogens (tertiary/aromatic N) is 2. The van der Waals surface area contributed by atoms with Crippen LogP contribution in [0.1, 0.15) is 11.1 Å². The fourth-order valence-electron chi connectivity index (χ4n) is 1.75. The van der Waals surface area contributed by atoms with E-state index >= 15 is 0 Å². The summed E-state index contributed by atoms with van der Waals surface area (Å²) in [5.74, 6) is 0.188. The van der Waals surface area contributed by atoms with Crippen LogP contribution >= 0.6 is 0 Å². The van der Waals surface area contributed by atoms with E-state index in [2.05, 4.69) is 9.44 Å². The van der Waals surface area contributed by atoms with E-state index in [0.29, 0.717) is 17.7 Å². The summed E-state index contributed by atoms with van der Waals surface area (Å²) in [4.78, 5) is 0. The lowest BCUT2D eigenvalue weighted by Crippen LogP contribution is -2.06. The predicted octanol–water partition coefficient (Wildman–Crippen LogP) is 2.62. The number of hydrogen-bond acceptors (Lipinski definition) is 6. The Morgan fingerprint density at radius 2 is 1.74 bits per heavy atom. The summed E-state index contributed by atoms with van der Waals surface area (Å²) in [7, 11) is -3.82. The summed E-state index contributed by atoms with van der Waals surface area (Å²) in [6.45, 7) is 0. The van der Waals surface area contributed by atoms with Gasteiger partial charge in [-0.2, -0.15) is 13.7 Å². The highest BCUT2D eigenvalue weighted by Crippen LogP contribution is 2.12. The van der Waals surface area contributed by atoms with Crippen molar-refractivity contribution in [1.29, 1.82) is 5.26 Å². The van der Waals surface area contributed by atoms with E-state index in [1.54, 1.807) is 54.6 Å². The number of ether oxygens (including phenoxy) is 1. The highest BCUT2D eigenvalue weighted by atomic mass is 32.2. The maximum atomic E-state index is 11.7. The molecular weight excluding hydrogens is 316 g/mol. The molecule has 2 aromatic carbocycles. The molecule has 0 fully saturated rings. The largest absolute Gasteiger partial charge is 0.442 e. The van der Waals surface area contributed by atoms with Crippen molar-refractivity contribution >= 4 is 16.5 Å². The third-order valence-corrected chi connectivity index (χ3v) is 3.78. The van der Waals surface area contributed by atoms with Gasteiger partial charge in [-0.15, -0.1) is 0 Å². The van der Waals surface area contributed by atoms with Crippen molar-refractivity contribution in [3.8, 4) is 11.8 Å².